The lowest BCUT2D eigenvalue weighted by atomic mass is 9.44. The van der Waals surface area contributed by atoms with Crippen molar-refractivity contribution in [1.82, 2.24) is 0 Å². The van der Waals surface area contributed by atoms with Crippen LogP contribution in [0.3, 0.4) is 0 Å². The fourth-order valence-electron chi connectivity index (χ4n) is 8.46. The van der Waals surface area contributed by atoms with Crippen LogP contribution < -0.4 is 0 Å². The van der Waals surface area contributed by atoms with Gasteiger partial charge in [0.05, 0.1) is 6.07 Å². The summed E-state index contributed by atoms with van der Waals surface area (Å²) in [6.45, 7) is 13.1. The third-order valence-corrected chi connectivity index (χ3v) is 10.7. The maximum absolute atomic E-state index is 11.5. The molecule has 0 spiro atoms. The van der Waals surface area contributed by atoms with E-state index < -0.39 is 13.9 Å². The Hall–Kier alpha value is -0.863. The van der Waals surface area contributed by atoms with Crippen LogP contribution in [-0.4, -0.2) is 26.0 Å². The van der Waals surface area contributed by atoms with Crippen molar-refractivity contribution in [3.8, 4) is 6.07 Å². The largest absolute Gasteiger partial charge is 0.463 e. The van der Waals surface area contributed by atoms with Crippen molar-refractivity contribution >= 4 is 14.3 Å². The molecular formula is C25H41NO3Si. The molecule has 4 fully saturated rings. The highest BCUT2D eigenvalue weighted by atomic mass is 28.4. The van der Waals surface area contributed by atoms with E-state index in [1.807, 2.05) is 0 Å². The number of nitrogens with zero attached hydrogens (tertiary/aromatic N) is 1. The van der Waals surface area contributed by atoms with Gasteiger partial charge in [-0.15, -0.1) is 0 Å². The molecule has 0 radical (unpaired) electrons. The number of esters is 1. The molecule has 0 heterocycles. The minimum atomic E-state index is -1.81. The van der Waals surface area contributed by atoms with Gasteiger partial charge < -0.3 is 9.16 Å². The molecule has 0 unspecified atom stereocenters. The van der Waals surface area contributed by atoms with E-state index in [2.05, 4.69) is 39.6 Å². The molecule has 0 aliphatic heterocycles. The third kappa shape index (κ3) is 3.37. The number of carbonyl (C=O) groups is 1. The number of carbonyl (C=O) groups excluding carboxylic acids is 1. The van der Waals surface area contributed by atoms with Gasteiger partial charge in [-0.1, -0.05) is 13.8 Å². The Balaban J connectivity index is 1.57. The van der Waals surface area contributed by atoms with Crippen LogP contribution in [0.25, 0.3) is 0 Å². The van der Waals surface area contributed by atoms with Crippen molar-refractivity contribution < 1.29 is 14.0 Å². The summed E-state index contributed by atoms with van der Waals surface area (Å²) >= 11 is 0. The third-order valence-electron chi connectivity index (χ3n) is 9.73. The van der Waals surface area contributed by atoms with E-state index in [1.54, 1.807) is 0 Å². The average Bonchev–Trinajstić information content (AvgIpc) is 2.93. The van der Waals surface area contributed by atoms with Crippen LogP contribution in [0.1, 0.15) is 78.6 Å². The molecule has 0 amide bonds. The fourth-order valence-corrected chi connectivity index (χ4v) is 9.88. The molecule has 0 saturated heterocycles. The molecular weight excluding hydrogens is 390 g/mol. The standard InChI is InChI=1S/C25H41NO3Si/c1-17(27)28-19-9-12-23(2)18(15-19)7-8-20-21(23)10-13-24(3)22(20)11-14-25(24,16-26)29-30(4,5)6/h18-22H,7-15H2,1-6H3/t18-,19-,20-,21-,22+,23+,24+,25+/m1/s1. The lowest BCUT2D eigenvalue weighted by molar-refractivity contribution is -0.163. The van der Waals surface area contributed by atoms with Crippen LogP contribution in [0.2, 0.25) is 19.6 Å². The molecule has 0 N–H and O–H groups in total. The van der Waals surface area contributed by atoms with Gasteiger partial charge in [-0.3, -0.25) is 4.79 Å². The molecule has 0 bridgehead atoms. The molecule has 4 aliphatic rings. The van der Waals surface area contributed by atoms with Crippen LogP contribution >= 0.6 is 0 Å². The maximum Gasteiger partial charge on any atom is 0.302 e. The summed E-state index contributed by atoms with van der Waals surface area (Å²) in [5.41, 5.74) is -0.238. The van der Waals surface area contributed by atoms with E-state index >= 15 is 0 Å². The van der Waals surface area contributed by atoms with Crippen LogP contribution in [0.4, 0.5) is 0 Å². The van der Waals surface area contributed by atoms with E-state index in [0.29, 0.717) is 17.3 Å². The van der Waals surface area contributed by atoms with E-state index in [4.69, 9.17) is 9.16 Å². The molecule has 0 aromatic rings. The predicted octanol–water partition coefficient (Wildman–Crippen LogP) is 6.07. The Morgan fingerprint density at radius 1 is 1.00 bits per heavy atom. The zero-order valence-corrected chi connectivity index (χ0v) is 20.9. The first-order chi connectivity index (χ1) is 13.9. The molecule has 4 rings (SSSR count). The van der Waals surface area contributed by atoms with Gasteiger partial charge >= 0.3 is 5.97 Å². The Labute approximate surface area is 184 Å². The van der Waals surface area contributed by atoms with Crippen molar-refractivity contribution in [2.24, 2.45) is 34.5 Å². The molecule has 4 aliphatic carbocycles. The first-order valence-electron chi connectivity index (χ1n) is 12.2. The summed E-state index contributed by atoms with van der Waals surface area (Å²) in [6, 6.07) is 2.72. The first-order valence-corrected chi connectivity index (χ1v) is 15.6. The lowest BCUT2D eigenvalue weighted by Crippen LogP contribution is -2.58. The Kier molecular flexibility index (Phi) is 5.46. The SMILES string of the molecule is CC(=O)O[C@@H]1CC[C@@]2(C)[C@H](CC[C@@H]3[C@H]2CC[C@@]2(C)[C@H]3CC[C@@]2(C#N)O[Si](C)(C)C)C1. The van der Waals surface area contributed by atoms with Crippen molar-refractivity contribution in [2.45, 2.75) is 110 Å². The molecule has 168 valence electrons. The molecule has 4 nitrogen and oxygen atoms in total. The topological polar surface area (TPSA) is 59.3 Å². The van der Waals surface area contributed by atoms with Gasteiger partial charge in [-0.2, -0.15) is 5.26 Å². The normalized spacial score (nSPS) is 48.1. The van der Waals surface area contributed by atoms with Crippen LogP contribution in [0.5, 0.6) is 0 Å². The molecule has 0 aromatic carbocycles. The van der Waals surface area contributed by atoms with Crippen LogP contribution in [0, 0.1) is 45.8 Å². The number of fused-ring (bicyclic) bond motifs is 5. The van der Waals surface area contributed by atoms with Gasteiger partial charge in [0, 0.05) is 12.3 Å². The van der Waals surface area contributed by atoms with Gasteiger partial charge in [0.1, 0.15) is 11.7 Å². The quantitative estimate of drug-likeness (QED) is 0.402. The smallest absolute Gasteiger partial charge is 0.302 e. The second-order valence-electron chi connectivity index (χ2n) is 12.3. The van der Waals surface area contributed by atoms with Gasteiger partial charge in [0.15, 0.2) is 8.32 Å². The van der Waals surface area contributed by atoms with Crippen LogP contribution in [0.15, 0.2) is 0 Å². The van der Waals surface area contributed by atoms with Crippen LogP contribution in [-0.2, 0) is 14.0 Å². The lowest BCUT2D eigenvalue weighted by Gasteiger charge is -2.61. The number of rotatable bonds is 3. The van der Waals surface area contributed by atoms with E-state index in [0.717, 1.165) is 43.9 Å². The van der Waals surface area contributed by atoms with E-state index in [9.17, 15) is 10.1 Å². The summed E-state index contributed by atoms with van der Waals surface area (Å²) in [5, 5.41) is 10.3. The number of nitriles is 1. The predicted molar refractivity (Wildman–Crippen MR) is 120 cm³/mol. The van der Waals surface area contributed by atoms with Crippen molar-refractivity contribution in [2.75, 3.05) is 0 Å². The summed E-state index contributed by atoms with van der Waals surface area (Å²) in [6.07, 6.45) is 10.3. The minimum Gasteiger partial charge on any atom is -0.463 e. The van der Waals surface area contributed by atoms with E-state index in [1.165, 1.54) is 32.6 Å². The Bertz CT molecular complexity index is 742. The van der Waals surface area contributed by atoms with Crippen molar-refractivity contribution in [3.63, 3.8) is 0 Å². The molecule has 5 heteroatoms. The average molecular weight is 432 g/mol. The zero-order valence-electron chi connectivity index (χ0n) is 19.9. The monoisotopic (exact) mass is 431 g/mol. The fraction of sp³-hybridized carbons (Fsp3) is 0.920. The first kappa shape index (κ1) is 22.3. The zero-order chi connectivity index (χ0) is 21.9. The van der Waals surface area contributed by atoms with Gasteiger partial charge in [0.2, 0.25) is 0 Å². The minimum absolute atomic E-state index is 0.0126. The number of ether oxygens (including phenoxy) is 1. The summed E-state index contributed by atoms with van der Waals surface area (Å²) in [5.74, 6) is 2.61. The van der Waals surface area contributed by atoms with Gasteiger partial charge in [0.25, 0.3) is 0 Å². The number of hydrogen-bond donors (Lipinski definition) is 0. The van der Waals surface area contributed by atoms with Gasteiger partial charge in [-0.25, -0.2) is 0 Å². The van der Waals surface area contributed by atoms with Crippen molar-refractivity contribution in [3.05, 3.63) is 0 Å². The summed E-state index contributed by atoms with van der Waals surface area (Å²) in [7, 11) is -1.81. The molecule has 30 heavy (non-hydrogen) atoms. The second-order valence-corrected chi connectivity index (χ2v) is 16.7. The molecule has 8 atom stereocenters. The Morgan fingerprint density at radius 2 is 1.70 bits per heavy atom. The summed E-state index contributed by atoms with van der Waals surface area (Å²) in [4.78, 5) is 11.5. The highest BCUT2D eigenvalue weighted by molar-refractivity contribution is 6.69. The number of hydrogen-bond acceptors (Lipinski definition) is 4. The molecule has 4 saturated carbocycles. The maximum atomic E-state index is 11.5. The highest BCUT2D eigenvalue weighted by Crippen LogP contribution is 2.69. The van der Waals surface area contributed by atoms with E-state index in [-0.39, 0.29) is 17.5 Å². The van der Waals surface area contributed by atoms with Crippen molar-refractivity contribution in [1.29, 1.82) is 5.26 Å². The summed E-state index contributed by atoms with van der Waals surface area (Å²) < 4.78 is 12.3. The Morgan fingerprint density at radius 3 is 2.33 bits per heavy atom. The van der Waals surface area contributed by atoms with Gasteiger partial charge in [-0.05, 0) is 107 Å². The molecule has 0 aromatic heterocycles. The second kappa shape index (κ2) is 7.34. The highest BCUT2D eigenvalue weighted by Gasteiger charge is 2.66.